The third kappa shape index (κ3) is 14.1. The monoisotopic (exact) mass is 905 g/mol. The van der Waals surface area contributed by atoms with Crippen molar-refractivity contribution in [1.29, 1.82) is 0 Å². The molecular formula is C44H53F2N9O10. The zero-order chi connectivity index (χ0) is 48.2. The highest BCUT2D eigenvalue weighted by atomic mass is 19.1. The third-order valence-corrected chi connectivity index (χ3v) is 10.2. The minimum absolute atomic E-state index is 0.00314. The van der Waals surface area contributed by atoms with Crippen LogP contribution in [0.2, 0.25) is 0 Å². The van der Waals surface area contributed by atoms with Crippen LogP contribution in [0.15, 0.2) is 72.9 Å². The van der Waals surface area contributed by atoms with Crippen molar-refractivity contribution in [3.8, 4) is 11.1 Å². The summed E-state index contributed by atoms with van der Waals surface area (Å²) in [6.07, 6.45) is 2.20. The van der Waals surface area contributed by atoms with E-state index in [4.69, 9.17) is 11.5 Å². The lowest BCUT2D eigenvalue weighted by molar-refractivity contribution is -0.141. The van der Waals surface area contributed by atoms with E-state index in [-0.39, 0.29) is 25.1 Å². The van der Waals surface area contributed by atoms with Crippen molar-refractivity contribution in [2.75, 3.05) is 26.2 Å². The van der Waals surface area contributed by atoms with Crippen LogP contribution >= 0.6 is 0 Å². The van der Waals surface area contributed by atoms with Crippen LogP contribution in [0.5, 0.6) is 0 Å². The summed E-state index contributed by atoms with van der Waals surface area (Å²) in [7, 11) is 0. The maximum absolute atomic E-state index is 15.1. The number of aliphatic hydroxyl groups is 1. The summed E-state index contributed by atoms with van der Waals surface area (Å²) < 4.78 is 31.3. The van der Waals surface area contributed by atoms with Gasteiger partial charge in [0.15, 0.2) is 0 Å². The van der Waals surface area contributed by atoms with Crippen LogP contribution in [-0.4, -0.2) is 117 Å². The van der Waals surface area contributed by atoms with Gasteiger partial charge in [-0.3, -0.25) is 48.1 Å². The molecule has 0 saturated carbocycles. The van der Waals surface area contributed by atoms with E-state index in [1.54, 1.807) is 12.3 Å². The zero-order valence-electron chi connectivity index (χ0n) is 36.3. The molecule has 4 rings (SSSR count). The summed E-state index contributed by atoms with van der Waals surface area (Å²) in [5.41, 5.74) is 11.8. The van der Waals surface area contributed by atoms with Gasteiger partial charge in [0.1, 0.15) is 42.9 Å². The first-order valence-electron chi connectivity index (χ1n) is 20.5. The number of halogens is 2. The molecular weight excluding hydrogens is 853 g/mol. The second kappa shape index (κ2) is 22.4. The van der Waals surface area contributed by atoms with Crippen LogP contribution in [0.4, 0.5) is 8.78 Å². The van der Waals surface area contributed by atoms with Gasteiger partial charge in [0.2, 0.25) is 41.4 Å². The number of carbonyl (C=O) groups is 9. The summed E-state index contributed by atoms with van der Waals surface area (Å²) in [6, 6.07) is 8.77. The van der Waals surface area contributed by atoms with Crippen molar-refractivity contribution in [1.82, 2.24) is 35.6 Å². The largest absolute Gasteiger partial charge is 0.387 e. The van der Waals surface area contributed by atoms with Crippen molar-refractivity contribution in [3.63, 3.8) is 0 Å². The van der Waals surface area contributed by atoms with E-state index in [1.165, 1.54) is 11.8 Å². The lowest BCUT2D eigenvalue weighted by Gasteiger charge is -2.41. The quantitative estimate of drug-likeness (QED) is 0.0525. The Morgan fingerprint density at radius 1 is 0.831 bits per heavy atom. The molecule has 4 unspecified atom stereocenters. The van der Waals surface area contributed by atoms with Crippen LogP contribution < -0.4 is 32.7 Å². The van der Waals surface area contributed by atoms with E-state index in [0.29, 0.717) is 22.7 Å². The van der Waals surface area contributed by atoms with Crippen LogP contribution in [-0.2, 0) is 49.7 Å². The predicted molar refractivity (Wildman–Crippen MR) is 229 cm³/mol. The fourth-order valence-electron chi connectivity index (χ4n) is 7.14. The minimum atomic E-state index is -1.66. The molecule has 0 radical (unpaired) electrons. The number of imide groups is 1. The van der Waals surface area contributed by atoms with Crippen molar-refractivity contribution < 1.29 is 57.0 Å². The van der Waals surface area contributed by atoms with Crippen LogP contribution in [0.3, 0.4) is 0 Å². The molecule has 9 amide bonds. The Hall–Kier alpha value is -7.29. The van der Waals surface area contributed by atoms with E-state index in [2.05, 4.69) is 21.3 Å². The molecule has 1 aliphatic rings. The smallest absolute Gasteiger partial charge is 0.254 e. The summed E-state index contributed by atoms with van der Waals surface area (Å²) in [6.45, 7) is 5.39. The molecule has 0 saturated heterocycles. The van der Waals surface area contributed by atoms with Gasteiger partial charge in [-0.15, -0.1) is 0 Å². The number of amides is 9. The number of hydrogen-bond donors (Lipinski definition) is 7. The van der Waals surface area contributed by atoms with Gasteiger partial charge in [-0.05, 0) is 48.6 Å². The predicted octanol–water partition coefficient (Wildman–Crippen LogP) is 0.0461. The molecule has 3 aromatic rings. The van der Waals surface area contributed by atoms with Gasteiger partial charge in [0.05, 0.1) is 18.9 Å². The fraction of sp³-hybridized carbons (Fsp3) is 0.386. The van der Waals surface area contributed by atoms with Gasteiger partial charge < -0.3 is 47.3 Å². The highest BCUT2D eigenvalue weighted by molar-refractivity contribution is 6.14. The standard InChI is InChI=1S/C44H53F2N9O10/c1-25(50-36(59)23-55-37(60)13-14-38(55)61)42(64)52-31(41(48)63)20-35(58)51-32(19-34(47)57)43(65)49-15-8-16-54(39(62)24-56)40(44(2,3)4)33-17-27(29-18-28(45)11-12-30(29)46)22-53(33)21-26-9-6-5-7-10-26/h5-7,9-14,17-18,22,25,31-32,40,56H,8,15-16,19-21,23-24H2,1-4H3,(H2,47,57)(H2,48,63)(H,49,65)(H,50,59)(H,51,58)(H,52,64). The lowest BCUT2D eigenvalue weighted by Crippen LogP contribution is -2.55. The van der Waals surface area contributed by atoms with Crippen LogP contribution in [0.1, 0.15) is 64.3 Å². The maximum Gasteiger partial charge on any atom is 0.254 e. The van der Waals surface area contributed by atoms with E-state index in [1.807, 2.05) is 55.7 Å². The molecule has 65 heavy (non-hydrogen) atoms. The van der Waals surface area contributed by atoms with Gasteiger partial charge in [0.25, 0.3) is 11.8 Å². The average molecular weight is 906 g/mol. The highest BCUT2D eigenvalue weighted by Gasteiger charge is 2.37. The Labute approximate surface area is 372 Å². The molecule has 0 aliphatic carbocycles. The first-order chi connectivity index (χ1) is 30.6. The number of carbonyl (C=O) groups excluding carboxylic acids is 9. The number of aliphatic hydroxyl groups excluding tert-OH is 1. The SMILES string of the molecule is CC(NC(=O)CN1C(=O)C=CC1=O)C(=O)NC(CC(=O)NC(CC(N)=O)C(=O)NCCCN(C(=O)CO)C(c1cc(-c2cc(F)ccc2F)cn1Cc1ccccc1)C(C)(C)C)C(N)=O. The first kappa shape index (κ1) is 50.4. The molecule has 2 heterocycles. The van der Waals surface area contributed by atoms with Gasteiger partial charge in [-0.1, -0.05) is 51.1 Å². The Bertz CT molecular complexity index is 2310. The lowest BCUT2D eigenvalue weighted by atomic mass is 9.83. The molecule has 1 aliphatic heterocycles. The van der Waals surface area contributed by atoms with E-state index >= 15 is 4.39 Å². The van der Waals surface area contributed by atoms with Crippen molar-refractivity contribution >= 4 is 53.2 Å². The molecule has 1 aromatic heterocycles. The van der Waals surface area contributed by atoms with Crippen molar-refractivity contribution in [2.45, 2.75) is 77.7 Å². The molecule has 0 bridgehead atoms. The van der Waals surface area contributed by atoms with Gasteiger partial charge in [0, 0.05) is 54.8 Å². The van der Waals surface area contributed by atoms with Crippen LogP contribution in [0.25, 0.3) is 11.1 Å². The molecule has 9 N–H and O–H groups in total. The number of nitrogens with one attached hydrogen (secondary N) is 4. The Balaban J connectivity index is 1.45. The summed E-state index contributed by atoms with van der Waals surface area (Å²) in [5.74, 6) is -9.29. The Morgan fingerprint density at radius 3 is 2.09 bits per heavy atom. The third-order valence-electron chi connectivity index (χ3n) is 10.2. The number of nitrogens with two attached hydrogens (primary N) is 2. The number of aromatic nitrogens is 1. The summed E-state index contributed by atoms with van der Waals surface area (Å²) in [4.78, 5) is 115. The second-order valence-corrected chi connectivity index (χ2v) is 16.4. The zero-order valence-corrected chi connectivity index (χ0v) is 36.3. The fourth-order valence-corrected chi connectivity index (χ4v) is 7.14. The number of nitrogens with zero attached hydrogens (tertiary/aromatic N) is 3. The molecule has 21 heteroatoms. The Morgan fingerprint density at radius 2 is 1.49 bits per heavy atom. The Kier molecular flexibility index (Phi) is 17.3. The molecule has 19 nitrogen and oxygen atoms in total. The van der Waals surface area contributed by atoms with Gasteiger partial charge in [-0.25, -0.2) is 8.78 Å². The maximum atomic E-state index is 15.1. The molecule has 2 aromatic carbocycles. The molecule has 0 spiro atoms. The number of hydrogen-bond acceptors (Lipinski definition) is 10. The average Bonchev–Trinajstić information content (AvgIpc) is 3.78. The number of benzene rings is 2. The summed E-state index contributed by atoms with van der Waals surface area (Å²) >= 11 is 0. The molecule has 4 atom stereocenters. The van der Waals surface area contributed by atoms with E-state index in [9.17, 15) is 52.6 Å². The second-order valence-electron chi connectivity index (χ2n) is 16.4. The molecule has 0 fully saturated rings. The topological polar surface area (TPSA) is 285 Å². The van der Waals surface area contributed by atoms with E-state index < -0.39 is 120 Å². The van der Waals surface area contributed by atoms with E-state index in [0.717, 1.165) is 35.9 Å². The van der Waals surface area contributed by atoms with Gasteiger partial charge >= 0.3 is 0 Å². The first-order valence-corrected chi connectivity index (χ1v) is 20.5. The summed E-state index contributed by atoms with van der Waals surface area (Å²) in [5, 5.41) is 19.5. The normalized spacial score (nSPS) is 14.2. The molecule has 348 valence electrons. The highest BCUT2D eigenvalue weighted by Crippen LogP contribution is 2.41. The number of primary amides is 2. The van der Waals surface area contributed by atoms with Crippen LogP contribution in [0, 0.1) is 17.0 Å². The minimum Gasteiger partial charge on any atom is -0.387 e. The van der Waals surface area contributed by atoms with Crippen molar-refractivity contribution in [3.05, 3.63) is 95.8 Å². The van der Waals surface area contributed by atoms with Gasteiger partial charge in [-0.2, -0.15) is 0 Å². The van der Waals surface area contributed by atoms with Crippen molar-refractivity contribution in [2.24, 2.45) is 16.9 Å². The number of rotatable bonds is 22.